The van der Waals surface area contributed by atoms with Gasteiger partial charge in [0.2, 0.25) is 5.60 Å². The number of rotatable bonds is 2. The maximum absolute atomic E-state index is 10.6. The third-order valence-electron chi connectivity index (χ3n) is 1.78. The summed E-state index contributed by atoms with van der Waals surface area (Å²) in [6, 6.07) is 0. The number of hydrogen-bond acceptors (Lipinski definition) is 3. The van der Waals surface area contributed by atoms with Crippen molar-refractivity contribution in [2.45, 2.75) is 32.3 Å². The summed E-state index contributed by atoms with van der Waals surface area (Å²) < 4.78 is 0. The predicted octanol–water partition coefficient (Wildman–Crippen LogP) is 1.02. The second-order valence-corrected chi connectivity index (χ2v) is 2.82. The van der Waals surface area contributed by atoms with Crippen LogP contribution < -0.4 is 0 Å². The lowest BCUT2D eigenvalue weighted by molar-refractivity contribution is -0.160. The molecular formula is C7H11NO3. The van der Waals surface area contributed by atoms with Crippen LogP contribution in [-0.4, -0.2) is 22.4 Å². The number of nitrogens with zero attached hydrogens (tertiary/aromatic N) is 1. The van der Waals surface area contributed by atoms with Crippen LogP contribution in [0, 0.1) is 0 Å². The van der Waals surface area contributed by atoms with Gasteiger partial charge in [-0.3, -0.25) is 0 Å². The van der Waals surface area contributed by atoms with E-state index in [2.05, 4.69) is 5.16 Å². The smallest absolute Gasteiger partial charge is 0.351 e. The molecule has 4 nitrogen and oxygen atoms in total. The van der Waals surface area contributed by atoms with Crippen LogP contribution in [0.2, 0.25) is 0 Å². The van der Waals surface area contributed by atoms with E-state index >= 15 is 0 Å². The lowest BCUT2D eigenvalue weighted by atomic mass is 9.99. The Labute approximate surface area is 64.8 Å². The maximum atomic E-state index is 10.6. The fraction of sp³-hybridized carbons (Fsp3) is 0.714. The van der Waals surface area contributed by atoms with Gasteiger partial charge in [-0.25, -0.2) is 4.79 Å². The van der Waals surface area contributed by atoms with Crippen LogP contribution in [0.3, 0.4) is 0 Å². The lowest BCUT2D eigenvalue weighted by Crippen LogP contribution is -2.34. The Morgan fingerprint density at radius 3 is 2.82 bits per heavy atom. The zero-order valence-corrected chi connectivity index (χ0v) is 6.63. The van der Waals surface area contributed by atoms with Crippen molar-refractivity contribution < 1.29 is 14.7 Å². The molecule has 0 saturated carbocycles. The third-order valence-corrected chi connectivity index (χ3v) is 1.78. The van der Waals surface area contributed by atoms with Crippen molar-refractivity contribution in [3.63, 3.8) is 0 Å². The summed E-state index contributed by atoms with van der Waals surface area (Å²) in [5.74, 6) is -0.954. The molecule has 0 aromatic heterocycles. The summed E-state index contributed by atoms with van der Waals surface area (Å²) in [4.78, 5) is 15.4. The van der Waals surface area contributed by atoms with E-state index in [1.807, 2.05) is 6.92 Å². The van der Waals surface area contributed by atoms with Crippen LogP contribution in [-0.2, 0) is 9.63 Å². The van der Waals surface area contributed by atoms with E-state index in [1.165, 1.54) is 6.92 Å². The van der Waals surface area contributed by atoms with Gasteiger partial charge in [0, 0.05) is 6.42 Å². The summed E-state index contributed by atoms with van der Waals surface area (Å²) in [6.07, 6.45) is 1.15. The number of carboxylic acids is 1. The summed E-state index contributed by atoms with van der Waals surface area (Å²) >= 11 is 0. The molecule has 0 amide bonds. The molecule has 1 aliphatic rings. The summed E-state index contributed by atoms with van der Waals surface area (Å²) in [7, 11) is 0. The second-order valence-electron chi connectivity index (χ2n) is 2.82. The quantitative estimate of drug-likeness (QED) is 0.650. The first-order chi connectivity index (χ1) is 5.08. The van der Waals surface area contributed by atoms with Gasteiger partial charge in [-0.1, -0.05) is 12.1 Å². The summed E-state index contributed by atoms with van der Waals surface area (Å²) in [6.45, 7) is 3.46. The Morgan fingerprint density at radius 1 is 1.91 bits per heavy atom. The Bertz CT molecular complexity index is 212. The average Bonchev–Trinajstić information content (AvgIpc) is 2.33. The van der Waals surface area contributed by atoms with Gasteiger partial charge < -0.3 is 9.94 Å². The van der Waals surface area contributed by atoms with Gasteiger partial charge in [0.1, 0.15) is 0 Å². The zero-order chi connectivity index (χ0) is 8.48. The normalized spacial score (nSPS) is 29.5. The minimum Gasteiger partial charge on any atom is -0.478 e. The van der Waals surface area contributed by atoms with Crippen LogP contribution in [0.25, 0.3) is 0 Å². The Kier molecular flexibility index (Phi) is 1.85. The molecule has 1 N–H and O–H groups in total. The fourth-order valence-electron chi connectivity index (χ4n) is 0.923. The molecule has 0 radical (unpaired) electrons. The van der Waals surface area contributed by atoms with E-state index in [1.54, 1.807) is 0 Å². The molecule has 1 rings (SSSR count). The highest BCUT2D eigenvalue weighted by molar-refractivity contribution is 5.92. The number of carboxylic acid groups (broad SMARTS) is 1. The van der Waals surface area contributed by atoms with Crippen LogP contribution in [0.5, 0.6) is 0 Å². The molecule has 0 aliphatic carbocycles. The molecule has 11 heavy (non-hydrogen) atoms. The largest absolute Gasteiger partial charge is 0.478 e. The molecule has 0 aromatic carbocycles. The standard InChI is InChI=1S/C7H11NO3/c1-3-5-4-7(2,6(9)10)11-8-5/h3-4H2,1-2H3,(H,9,10). The van der Waals surface area contributed by atoms with Crippen LogP contribution in [0.1, 0.15) is 26.7 Å². The Morgan fingerprint density at radius 2 is 2.55 bits per heavy atom. The Hall–Kier alpha value is -1.06. The summed E-state index contributed by atoms with van der Waals surface area (Å²) in [5, 5.41) is 12.4. The van der Waals surface area contributed by atoms with Crippen molar-refractivity contribution in [1.82, 2.24) is 0 Å². The first kappa shape index (κ1) is 8.04. The van der Waals surface area contributed by atoms with E-state index < -0.39 is 11.6 Å². The van der Waals surface area contributed by atoms with E-state index in [4.69, 9.17) is 9.94 Å². The molecule has 1 atom stereocenters. The molecule has 1 unspecified atom stereocenters. The molecular weight excluding hydrogens is 146 g/mol. The molecule has 0 bridgehead atoms. The summed E-state index contributed by atoms with van der Waals surface area (Å²) in [5.41, 5.74) is -0.305. The van der Waals surface area contributed by atoms with Crippen molar-refractivity contribution in [3.8, 4) is 0 Å². The fourth-order valence-corrected chi connectivity index (χ4v) is 0.923. The van der Waals surface area contributed by atoms with E-state index in [-0.39, 0.29) is 0 Å². The SMILES string of the molecule is CCC1=NOC(C)(C(=O)O)C1. The topological polar surface area (TPSA) is 58.9 Å². The zero-order valence-electron chi connectivity index (χ0n) is 6.63. The average molecular weight is 157 g/mol. The number of oxime groups is 1. The van der Waals surface area contributed by atoms with Crippen molar-refractivity contribution in [3.05, 3.63) is 0 Å². The van der Waals surface area contributed by atoms with Gasteiger partial charge in [0.05, 0.1) is 5.71 Å². The van der Waals surface area contributed by atoms with Gasteiger partial charge in [-0.15, -0.1) is 0 Å². The van der Waals surface area contributed by atoms with Gasteiger partial charge in [0.25, 0.3) is 0 Å². The minimum atomic E-state index is -1.12. The van der Waals surface area contributed by atoms with Gasteiger partial charge in [-0.05, 0) is 13.3 Å². The van der Waals surface area contributed by atoms with Gasteiger partial charge in [0.15, 0.2) is 0 Å². The number of aliphatic carboxylic acids is 1. The van der Waals surface area contributed by atoms with Crippen molar-refractivity contribution in [2.24, 2.45) is 5.16 Å². The van der Waals surface area contributed by atoms with Crippen LogP contribution in [0.15, 0.2) is 5.16 Å². The molecule has 0 spiro atoms. The monoisotopic (exact) mass is 157 g/mol. The highest BCUT2D eigenvalue weighted by Crippen LogP contribution is 2.24. The highest BCUT2D eigenvalue weighted by Gasteiger charge is 2.41. The molecule has 4 heteroatoms. The van der Waals surface area contributed by atoms with Crippen LogP contribution >= 0.6 is 0 Å². The number of carbonyl (C=O) groups is 1. The van der Waals surface area contributed by atoms with Gasteiger partial charge in [-0.2, -0.15) is 0 Å². The van der Waals surface area contributed by atoms with Crippen molar-refractivity contribution in [2.75, 3.05) is 0 Å². The minimum absolute atomic E-state index is 0.402. The van der Waals surface area contributed by atoms with Crippen LogP contribution in [0.4, 0.5) is 0 Å². The van der Waals surface area contributed by atoms with Crippen molar-refractivity contribution in [1.29, 1.82) is 0 Å². The number of hydrogen-bond donors (Lipinski definition) is 1. The second kappa shape index (κ2) is 2.53. The van der Waals surface area contributed by atoms with Gasteiger partial charge >= 0.3 is 5.97 Å². The molecule has 62 valence electrons. The molecule has 0 fully saturated rings. The lowest BCUT2D eigenvalue weighted by Gasteiger charge is -2.14. The van der Waals surface area contributed by atoms with E-state index in [0.717, 1.165) is 12.1 Å². The Balaban J connectivity index is 2.64. The first-order valence-corrected chi connectivity index (χ1v) is 3.56. The molecule has 1 aliphatic heterocycles. The molecule has 0 aromatic rings. The van der Waals surface area contributed by atoms with Crippen molar-refractivity contribution >= 4 is 11.7 Å². The maximum Gasteiger partial charge on any atom is 0.351 e. The highest BCUT2D eigenvalue weighted by atomic mass is 16.7. The molecule has 1 heterocycles. The van der Waals surface area contributed by atoms with E-state index in [9.17, 15) is 4.79 Å². The predicted molar refractivity (Wildman–Crippen MR) is 39.5 cm³/mol. The van der Waals surface area contributed by atoms with E-state index in [0.29, 0.717) is 6.42 Å². The first-order valence-electron chi connectivity index (χ1n) is 3.56. The third kappa shape index (κ3) is 1.34. The molecule has 0 saturated heterocycles.